The summed E-state index contributed by atoms with van der Waals surface area (Å²) in [4.78, 5) is 3.95. The fourth-order valence-corrected chi connectivity index (χ4v) is 3.64. The number of sulfonamides is 1. The largest absolute Gasteiger partial charge is 0.336 e. The molecule has 5 nitrogen and oxygen atoms in total. The second kappa shape index (κ2) is 4.96. The number of hydrogen-bond donors (Lipinski definition) is 0. The zero-order chi connectivity index (χ0) is 12.5. The number of aryl methyl sites for hydroxylation is 1. The number of hydrogen-bond acceptors (Lipinski definition) is 3. The van der Waals surface area contributed by atoms with Crippen LogP contribution in [0, 0.1) is 5.92 Å². The molecule has 1 aromatic rings. The molecule has 0 radical (unpaired) electrons. The quantitative estimate of drug-likeness (QED) is 0.776. The zero-order valence-electron chi connectivity index (χ0n) is 9.71. The first-order valence-electron chi connectivity index (χ1n) is 5.65. The van der Waals surface area contributed by atoms with Crippen molar-refractivity contribution in [1.29, 1.82) is 0 Å². The molecule has 1 fully saturated rings. The summed E-state index contributed by atoms with van der Waals surface area (Å²) in [7, 11) is -3.43. The Hall–Kier alpha value is -0.590. The van der Waals surface area contributed by atoms with Gasteiger partial charge in [-0.25, -0.2) is 13.4 Å². The number of imidazole rings is 1. The molecule has 2 heterocycles. The van der Waals surface area contributed by atoms with Crippen LogP contribution in [-0.2, 0) is 16.6 Å². The van der Waals surface area contributed by atoms with Gasteiger partial charge in [-0.15, -0.1) is 11.6 Å². The Labute approximate surface area is 106 Å². The topological polar surface area (TPSA) is 55.2 Å². The fourth-order valence-electron chi connectivity index (χ4n) is 1.92. The smallest absolute Gasteiger partial charge is 0.262 e. The van der Waals surface area contributed by atoms with Crippen LogP contribution >= 0.6 is 11.6 Å². The molecule has 1 atom stereocenters. The summed E-state index contributed by atoms with van der Waals surface area (Å²) in [5.74, 6) is 0.773. The third kappa shape index (κ3) is 2.48. The lowest BCUT2D eigenvalue weighted by Gasteiger charge is -2.14. The molecular formula is C10H16ClN3O2S. The standard InChI is InChI=1S/C10H16ClN3O2S/c1-2-13-7-10(12-8-13)17(15,16)14-4-3-9(5-11)6-14/h7-9H,2-6H2,1H3. The Morgan fingerprint density at radius 3 is 2.88 bits per heavy atom. The molecule has 1 aliphatic heterocycles. The Balaban J connectivity index is 2.19. The molecule has 0 bridgehead atoms. The van der Waals surface area contributed by atoms with E-state index in [9.17, 15) is 8.42 Å². The van der Waals surface area contributed by atoms with E-state index in [2.05, 4.69) is 4.98 Å². The van der Waals surface area contributed by atoms with Crippen LogP contribution < -0.4 is 0 Å². The molecule has 1 aliphatic rings. The van der Waals surface area contributed by atoms with Gasteiger partial charge in [-0.2, -0.15) is 4.31 Å². The van der Waals surface area contributed by atoms with Crippen molar-refractivity contribution in [2.24, 2.45) is 5.92 Å². The van der Waals surface area contributed by atoms with Gasteiger partial charge in [-0.3, -0.25) is 0 Å². The van der Waals surface area contributed by atoms with Crippen molar-refractivity contribution in [3.05, 3.63) is 12.5 Å². The lowest BCUT2D eigenvalue weighted by Crippen LogP contribution is -2.29. The monoisotopic (exact) mass is 277 g/mol. The van der Waals surface area contributed by atoms with Gasteiger partial charge in [0.2, 0.25) is 0 Å². The molecule has 2 rings (SSSR count). The highest BCUT2D eigenvalue weighted by Crippen LogP contribution is 2.23. The lowest BCUT2D eigenvalue weighted by molar-refractivity contribution is 0.463. The molecule has 0 N–H and O–H groups in total. The van der Waals surface area contributed by atoms with Crippen LogP contribution in [0.4, 0.5) is 0 Å². The third-order valence-corrected chi connectivity index (χ3v) is 5.23. The van der Waals surface area contributed by atoms with E-state index >= 15 is 0 Å². The molecule has 1 saturated heterocycles. The normalized spacial score (nSPS) is 22.1. The van der Waals surface area contributed by atoms with E-state index in [1.165, 1.54) is 4.31 Å². The summed E-state index contributed by atoms with van der Waals surface area (Å²) >= 11 is 5.75. The van der Waals surface area contributed by atoms with Crippen LogP contribution in [0.1, 0.15) is 13.3 Å². The zero-order valence-corrected chi connectivity index (χ0v) is 11.3. The second-order valence-electron chi connectivity index (χ2n) is 4.21. The highest BCUT2D eigenvalue weighted by molar-refractivity contribution is 7.89. The van der Waals surface area contributed by atoms with Crippen LogP contribution in [0.15, 0.2) is 17.6 Å². The van der Waals surface area contributed by atoms with Crippen LogP contribution in [-0.4, -0.2) is 41.2 Å². The van der Waals surface area contributed by atoms with Crippen LogP contribution in [0.3, 0.4) is 0 Å². The van der Waals surface area contributed by atoms with E-state index < -0.39 is 10.0 Å². The first-order valence-corrected chi connectivity index (χ1v) is 7.63. The summed E-state index contributed by atoms with van der Waals surface area (Å²) in [6.07, 6.45) is 3.95. The number of nitrogens with zero attached hydrogens (tertiary/aromatic N) is 3. The molecule has 0 saturated carbocycles. The maximum Gasteiger partial charge on any atom is 0.262 e. The van der Waals surface area contributed by atoms with Crippen LogP contribution in [0.5, 0.6) is 0 Å². The van der Waals surface area contributed by atoms with Crippen LogP contribution in [0.25, 0.3) is 0 Å². The van der Waals surface area contributed by atoms with E-state index in [-0.39, 0.29) is 10.9 Å². The Kier molecular flexibility index (Phi) is 3.75. The molecule has 96 valence electrons. The summed E-state index contributed by atoms with van der Waals surface area (Å²) < 4.78 is 27.7. The summed E-state index contributed by atoms with van der Waals surface area (Å²) in [6.45, 7) is 3.70. The predicted molar refractivity (Wildman–Crippen MR) is 65.5 cm³/mol. The molecule has 0 spiro atoms. The summed E-state index contributed by atoms with van der Waals surface area (Å²) in [5.41, 5.74) is 0. The molecule has 17 heavy (non-hydrogen) atoms. The van der Waals surface area contributed by atoms with Crippen LogP contribution in [0.2, 0.25) is 0 Å². The number of alkyl halides is 1. The number of halogens is 1. The van der Waals surface area contributed by atoms with Crippen molar-refractivity contribution < 1.29 is 8.42 Å². The maximum atomic E-state index is 12.2. The summed E-state index contributed by atoms with van der Waals surface area (Å²) in [5, 5.41) is 0.134. The van der Waals surface area contributed by atoms with Gasteiger partial charge in [0, 0.05) is 31.7 Å². The molecule has 7 heteroatoms. The average molecular weight is 278 g/mol. The van der Waals surface area contributed by atoms with Crippen molar-refractivity contribution in [3.8, 4) is 0 Å². The summed E-state index contributed by atoms with van der Waals surface area (Å²) in [6, 6.07) is 0. The second-order valence-corrected chi connectivity index (χ2v) is 6.41. The maximum absolute atomic E-state index is 12.2. The molecule has 0 aromatic carbocycles. The van der Waals surface area contributed by atoms with E-state index in [1.54, 1.807) is 17.1 Å². The minimum absolute atomic E-state index is 0.134. The van der Waals surface area contributed by atoms with Gasteiger partial charge in [-0.05, 0) is 19.3 Å². The predicted octanol–water partition coefficient (Wildman–Crippen LogP) is 1.15. The van der Waals surface area contributed by atoms with Gasteiger partial charge in [0.05, 0.1) is 6.33 Å². The SMILES string of the molecule is CCn1cnc(S(=O)(=O)N2CCC(CCl)C2)c1. The van der Waals surface area contributed by atoms with Gasteiger partial charge in [-0.1, -0.05) is 0 Å². The molecule has 1 aromatic heterocycles. The van der Waals surface area contributed by atoms with E-state index in [0.29, 0.717) is 25.5 Å². The number of rotatable bonds is 4. The minimum atomic E-state index is -3.43. The van der Waals surface area contributed by atoms with Gasteiger partial charge >= 0.3 is 0 Å². The highest BCUT2D eigenvalue weighted by atomic mass is 35.5. The first-order chi connectivity index (χ1) is 8.07. The Bertz CT molecular complexity index is 485. The Morgan fingerprint density at radius 2 is 2.35 bits per heavy atom. The van der Waals surface area contributed by atoms with Gasteiger partial charge in [0.1, 0.15) is 0 Å². The van der Waals surface area contributed by atoms with E-state index in [0.717, 1.165) is 6.42 Å². The van der Waals surface area contributed by atoms with Crippen molar-refractivity contribution in [2.75, 3.05) is 19.0 Å². The molecule has 1 unspecified atom stereocenters. The van der Waals surface area contributed by atoms with E-state index in [1.807, 2.05) is 6.92 Å². The average Bonchev–Trinajstić information content (AvgIpc) is 2.98. The van der Waals surface area contributed by atoms with Crippen molar-refractivity contribution in [3.63, 3.8) is 0 Å². The third-order valence-electron chi connectivity index (χ3n) is 3.05. The molecule has 0 aliphatic carbocycles. The number of aromatic nitrogens is 2. The van der Waals surface area contributed by atoms with Crippen molar-refractivity contribution >= 4 is 21.6 Å². The van der Waals surface area contributed by atoms with Crippen molar-refractivity contribution in [1.82, 2.24) is 13.9 Å². The van der Waals surface area contributed by atoms with Gasteiger partial charge in [0.15, 0.2) is 5.03 Å². The van der Waals surface area contributed by atoms with E-state index in [4.69, 9.17) is 11.6 Å². The molecular weight excluding hydrogens is 262 g/mol. The first kappa shape index (κ1) is 12.9. The molecule has 0 amide bonds. The highest BCUT2D eigenvalue weighted by Gasteiger charge is 2.33. The van der Waals surface area contributed by atoms with Gasteiger partial charge in [0.25, 0.3) is 10.0 Å². The van der Waals surface area contributed by atoms with Gasteiger partial charge < -0.3 is 4.57 Å². The lowest BCUT2D eigenvalue weighted by atomic mass is 10.2. The Morgan fingerprint density at radius 1 is 1.59 bits per heavy atom. The fraction of sp³-hybridized carbons (Fsp3) is 0.700. The minimum Gasteiger partial charge on any atom is -0.336 e. The van der Waals surface area contributed by atoms with Crippen molar-refractivity contribution in [2.45, 2.75) is 24.9 Å².